The Labute approximate surface area is 317 Å². The molecule has 6 rings (SSSR count). The minimum atomic E-state index is -0.817. The fourth-order valence-corrected chi connectivity index (χ4v) is 6.80. The summed E-state index contributed by atoms with van der Waals surface area (Å²) in [6.07, 6.45) is 0.118. The van der Waals surface area contributed by atoms with Crippen LogP contribution in [0.15, 0.2) is 133 Å². The van der Waals surface area contributed by atoms with Gasteiger partial charge in [-0.2, -0.15) is 0 Å². The number of aliphatic hydroxyl groups is 1. The lowest BCUT2D eigenvalue weighted by atomic mass is 9.98. The molecule has 0 spiro atoms. The molecule has 1 aliphatic heterocycles. The number of hydrogen-bond donors (Lipinski definition) is 3. The van der Waals surface area contributed by atoms with E-state index in [1.54, 1.807) is 0 Å². The minimum Gasteiger partial charge on any atom is -0.467 e. The molecule has 0 radical (unpaired) electrons. The lowest BCUT2D eigenvalue weighted by Gasteiger charge is -2.39. The molecule has 1 fully saturated rings. The number of aliphatic hydroxyl groups excluding tert-OH is 1. The molecule has 0 bridgehead atoms. The Hall–Kier alpha value is -5.32. The summed E-state index contributed by atoms with van der Waals surface area (Å²) < 4.78 is 18.3. The van der Waals surface area contributed by atoms with Crippen molar-refractivity contribution >= 4 is 12.0 Å². The number of benzene rings is 5. The Morgan fingerprint density at radius 1 is 0.796 bits per heavy atom. The highest BCUT2D eigenvalue weighted by Crippen LogP contribution is 2.39. The molecule has 5 aromatic rings. The number of carbonyl (C=O) groups excluding carboxylic acids is 2. The maximum atomic E-state index is 12.9. The van der Waals surface area contributed by atoms with E-state index in [-0.39, 0.29) is 31.4 Å². The lowest BCUT2D eigenvalue weighted by molar-refractivity contribution is -0.253. The second kappa shape index (κ2) is 18.6. The standard InChI is InChI=1S/C45H49N3O6/c1-31(35-15-8-5-9-16-35)48(2)29-40-27-42(36-22-20-33(30-49)21-23-36)54-44(53-40)39-19-11-18-38(26-39)37-17-10-14-34(24-37)28-46-45(51)47-41(43(50)52-3)25-32-12-6-4-7-13-32/h4-24,26,31,40-42,44,49H,25,27-30H2,1-3H3,(H2,46,47,51)/t31-,40-,41-,42+,44+/m0/s1. The third kappa shape index (κ3) is 10.2. The molecule has 1 saturated heterocycles. The van der Waals surface area contributed by atoms with Crippen molar-refractivity contribution in [3.63, 3.8) is 0 Å². The Morgan fingerprint density at radius 2 is 1.46 bits per heavy atom. The summed E-state index contributed by atoms with van der Waals surface area (Å²) in [6.45, 7) is 3.18. The van der Waals surface area contributed by atoms with Crippen LogP contribution in [0.2, 0.25) is 0 Å². The van der Waals surface area contributed by atoms with Crippen molar-refractivity contribution in [1.82, 2.24) is 15.5 Å². The zero-order chi connectivity index (χ0) is 37.9. The Balaban J connectivity index is 1.15. The first-order valence-electron chi connectivity index (χ1n) is 18.4. The van der Waals surface area contributed by atoms with Gasteiger partial charge < -0.3 is 30.0 Å². The van der Waals surface area contributed by atoms with E-state index in [1.807, 2.05) is 103 Å². The molecule has 0 saturated carbocycles. The van der Waals surface area contributed by atoms with E-state index in [4.69, 9.17) is 14.2 Å². The van der Waals surface area contributed by atoms with E-state index < -0.39 is 24.3 Å². The molecule has 0 aromatic heterocycles. The van der Waals surface area contributed by atoms with Crippen LogP contribution in [0.5, 0.6) is 0 Å². The summed E-state index contributed by atoms with van der Waals surface area (Å²) in [5.74, 6) is -0.507. The first kappa shape index (κ1) is 38.4. The number of nitrogens with zero attached hydrogens (tertiary/aromatic N) is 1. The number of urea groups is 1. The van der Waals surface area contributed by atoms with Gasteiger partial charge in [-0.1, -0.05) is 121 Å². The number of ether oxygens (including phenoxy) is 3. The second-order valence-electron chi connectivity index (χ2n) is 13.8. The topological polar surface area (TPSA) is 109 Å². The summed E-state index contributed by atoms with van der Waals surface area (Å²) in [5.41, 5.74) is 7.84. The molecule has 0 unspecified atom stereocenters. The molecule has 5 aromatic carbocycles. The Morgan fingerprint density at radius 3 is 2.17 bits per heavy atom. The van der Waals surface area contributed by atoms with E-state index >= 15 is 0 Å². The number of methoxy groups -OCH3 is 1. The molecule has 3 N–H and O–H groups in total. The van der Waals surface area contributed by atoms with Gasteiger partial charge in [0.2, 0.25) is 0 Å². The van der Waals surface area contributed by atoms with Gasteiger partial charge in [-0.25, -0.2) is 9.59 Å². The molecule has 9 heteroatoms. The maximum absolute atomic E-state index is 12.9. The Bertz CT molecular complexity index is 1960. The lowest BCUT2D eigenvalue weighted by Crippen LogP contribution is -2.47. The normalized spacial score (nSPS) is 18.1. The van der Waals surface area contributed by atoms with Crippen molar-refractivity contribution < 1.29 is 28.9 Å². The van der Waals surface area contributed by atoms with Gasteiger partial charge in [0.05, 0.1) is 25.9 Å². The average molecular weight is 728 g/mol. The predicted octanol–water partition coefficient (Wildman–Crippen LogP) is 7.67. The molecule has 280 valence electrons. The third-order valence-corrected chi connectivity index (χ3v) is 10.00. The van der Waals surface area contributed by atoms with E-state index in [0.29, 0.717) is 12.8 Å². The van der Waals surface area contributed by atoms with Gasteiger partial charge in [-0.15, -0.1) is 0 Å². The first-order chi connectivity index (χ1) is 26.3. The van der Waals surface area contributed by atoms with Gasteiger partial charge in [-0.3, -0.25) is 4.90 Å². The summed E-state index contributed by atoms with van der Waals surface area (Å²) in [5, 5.41) is 15.3. The number of nitrogens with one attached hydrogen (secondary N) is 2. The highest BCUT2D eigenvalue weighted by atomic mass is 16.7. The average Bonchev–Trinajstić information content (AvgIpc) is 3.22. The van der Waals surface area contributed by atoms with Crippen LogP contribution >= 0.6 is 0 Å². The first-order valence-corrected chi connectivity index (χ1v) is 18.4. The molecule has 9 nitrogen and oxygen atoms in total. The van der Waals surface area contributed by atoms with Gasteiger partial charge in [0.25, 0.3) is 0 Å². The van der Waals surface area contributed by atoms with Gasteiger partial charge in [0, 0.05) is 37.5 Å². The minimum absolute atomic E-state index is 0.00972. The largest absolute Gasteiger partial charge is 0.467 e. The van der Waals surface area contributed by atoms with Gasteiger partial charge in [-0.05, 0) is 65.0 Å². The Kier molecular flexibility index (Phi) is 13.2. The van der Waals surface area contributed by atoms with Crippen LogP contribution in [-0.2, 0) is 38.6 Å². The van der Waals surface area contributed by atoms with Crippen LogP contribution in [-0.4, -0.2) is 54.9 Å². The molecule has 0 aliphatic carbocycles. The van der Waals surface area contributed by atoms with Crippen LogP contribution in [0.4, 0.5) is 4.79 Å². The fraction of sp³-hybridized carbons (Fsp3) is 0.289. The van der Waals surface area contributed by atoms with E-state index in [0.717, 1.165) is 45.5 Å². The fourth-order valence-electron chi connectivity index (χ4n) is 6.80. The number of carbonyl (C=O) groups is 2. The number of likely N-dealkylation sites (N-methyl/N-ethyl adjacent to an activating group) is 1. The van der Waals surface area contributed by atoms with Gasteiger partial charge in [0.15, 0.2) is 6.29 Å². The van der Waals surface area contributed by atoms with Crippen LogP contribution in [0.3, 0.4) is 0 Å². The monoisotopic (exact) mass is 727 g/mol. The zero-order valence-electron chi connectivity index (χ0n) is 31.1. The molecule has 54 heavy (non-hydrogen) atoms. The van der Waals surface area contributed by atoms with Crippen LogP contribution < -0.4 is 10.6 Å². The third-order valence-electron chi connectivity index (χ3n) is 10.00. The number of amides is 2. The number of esters is 1. The van der Waals surface area contributed by atoms with E-state index in [9.17, 15) is 14.7 Å². The summed E-state index contributed by atoms with van der Waals surface area (Å²) in [6, 6.07) is 43.0. The van der Waals surface area contributed by atoms with Crippen molar-refractivity contribution in [2.75, 3.05) is 20.7 Å². The van der Waals surface area contributed by atoms with Gasteiger partial charge in [0.1, 0.15) is 6.04 Å². The summed E-state index contributed by atoms with van der Waals surface area (Å²) in [7, 11) is 3.44. The number of rotatable bonds is 14. The van der Waals surface area contributed by atoms with Crippen molar-refractivity contribution in [2.45, 2.75) is 63.5 Å². The highest BCUT2D eigenvalue weighted by Gasteiger charge is 2.33. The van der Waals surface area contributed by atoms with Crippen molar-refractivity contribution in [2.24, 2.45) is 0 Å². The van der Waals surface area contributed by atoms with Crippen molar-refractivity contribution in [3.8, 4) is 11.1 Å². The molecular formula is C45H49N3O6. The van der Waals surface area contributed by atoms with Crippen LogP contribution in [0, 0.1) is 0 Å². The second-order valence-corrected chi connectivity index (χ2v) is 13.8. The number of hydrogen-bond acceptors (Lipinski definition) is 7. The van der Waals surface area contributed by atoms with Crippen LogP contribution in [0.1, 0.15) is 65.2 Å². The van der Waals surface area contributed by atoms with Gasteiger partial charge >= 0.3 is 12.0 Å². The molecule has 2 amide bonds. The van der Waals surface area contributed by atoms with Crippen molar-refractivity contribution in [1.29, 1.82) is 0 Å². The van der Waals surface area contributed by atoms with E-state index in [2.05, 4.69) is 59.8 Å². The molecule has 1 aliphatic rings. The van der Waals surface area contributed by atoms with E-state index in [1.165, 1.54) is 12.7 Å². The predicted molar refractivity (Wildman–Crippen MR) is 209 cm³/mol. The van der Waals surface area contributed by atoms with Crippen molar-refractivity contribution in [3.05, 3.63) is 167 Å². The smallest absolute Gasteiger partial charge is 0.328 e. The highest BCUT2D eigenvalue weighted by molar-refractivity contribution is 5.83. The molecular weight excluding hydrogens is 679 g/mol. The SMILES string of the molecule is COC(=O)[C@H](Cc1ccccc1)NC(=O)NCc1cccc(-c2cccc([C@@H]3O[C@H](CN(C)[C@@H](C)c4ccccc4)C[C@H](c4ccc(CO)cc4)O3)c2)c1. The molecule has 5 atom stereocenters. The van der Waals surface area contributed by atoms with Crippen LogP contribution in [0.25, 0.3) is 11.1 Å². The molecule has 1 heterocycles. The quantitative estimate of drug-likeness (QED) is 0.101. The summed E-state index contributed by atoms with van der Waals surface area (Å²) in [4.78, 5) is 27.7. The zero-order valence-corrected chi connectivity index (χ0v) is 31.1. The maximum Gasteiger partial charge on any atom is 0.328 e. The summed E-state index contributed by atoms with van der Waals surface area (Å²) >= 11 is 0.